The molecule has 3 heterocycles. The second-order valence-electron chi connectivity index (χ2n) is 7.05. The van der Waals surface area contributed by atoms with E-state index in [0.29, 0.717) is 12.2 Å². The Morgan fingerprint density at radius 1 is 1.27 bits per heavy atom. The van der Waals surface area contributed by atoms with Crippen molar-refractivity contribution in [1.29, 1.82) is 0 Å². The van der Waals surface area contributed by atoms with Gasteiger partial charge in [-0.05, 0) is 53.8 Å². The first-order chi connectivity index (χ1) is 14.7. The lowest BCUT2D eigenvalue weighted by atomic mass is 10.1. The molecule has 3 N–H and O–H groups in total. The molecular weight excluding hydrogens is 386 g/mol. The summed E-state index contributed by atoms with van der Waals surface area (Å²) in [6.45, 7) is 4.49. The van der Waals surface area contributed by atoms with Gasteiger partial charge in [0.05, 0.1) is 6.21 Å². The lowest BCUT2D eigenvalue weighted by Crippen LogP contribution is -2.26. The van der Waals surface area contributed by atoms with Crippen LogP contribution in [0.15, 0.2) is 34.0 Å². The van der Waals surface area contributed by atoms with Crippen LogP contribution in [0.25, 0.3) is 5.82 Å². The van der Waals surface area contributed by atoms with Crippen molar-refractivity contribution in [2.45, 2.75) is 32.7 Å². The third-order valence-corrected chi connectivity index (χ3v) is 4.99. The minimum Gasteiger partial charge on any atom is -0.378 e. The van der Waals surface area contributed by atoms with Gasteiger partial charge in [0.15, 0.2) is 5.69 Å². The highest BCUT2D eigenvalue weighted by molar-refractivity contribution is 5.95. The Hall–Kier alpha value is -3.60. The molecular formula is C19H23N9O2. The van der Waals surface area contributed by atoms with E-state index in [9.17, 15) is 4.79 Å². The molecule has 0 bridgehead atoms. The molecule has 1 aliphatic rings. The second-order valence-corrected chi connectivity index (χ2v) is 7.05. The van der Waals surface area contributed by atoms with E-state index >= 15 is 0 Å². The Bertz CT molecular complexity index is 1030. The summed E-state index contributed by atoms with van der Waals surface area (Å²) in [4.78, 5) is 15.2. The smallest absolute Gasteiger partial charge is 0.292 e. The number of nitrogens with zero attached hydrogens (tertiary/aromatic N) is 7. The molecule has 1 fully saturated rings. The number of carbonyl (C=O) groups excluding carboxylic acids is 1. The molecule has 0 radical (unpaired) electrons. The second kappa shape index (κ2) is 8.82. The number of nitrogens with two attached hydrogens (primary N) is 1. The van der Waals surface area contributed by atoms with Crippen LogP contribution in [0.2, 0.25) is 0 Å². The third kappa shape index (κ3) is 4.20. The number of hydrazone groups is 1. The van der Waals surface area contributed by atoms with Crippen LogP contribution in [0.4, 0.5) is 5.82 Å². The highest BCUT2D eigenvalue weighted by Gasteiger charge is 2.26. The van der Waals surface area contributed by atoms with E-state index in [0.717, 1.165) is 37.9 Å². The summed E-state index contributed by atoms with van der Waals surface area (Å²) in [6.07, 6.45) is 4.79. The van der Waals surface area contributed by atoms with Crippen LogP contribution in [0.3, 0.4) is 0 Å². The van der Waals surface area contributed by atoms with Crippen molar-refractivity contribution in [3.05, 3.63) is 46.8 Å². The number of benzene rings is 1. The van der Waals surface area contributed by atoms with Gasteiger partial charge >= 0.3 is 0 Å². The van der Waals surface area contributed by atoms with E-state index < -0.39 is 5.91 Å². The number of hydrogen-bond donors (Lipinski definition) is 2. The van der Waals surface area contributed by atoms with Crippen LogP contribution in [0, 0.1) is 0 Å². The zero-order valence-electron chi connectivity index (χ0n) is 16.7. The summed E-state index contributed by atoms with van der Waals surface area (Å²) >= 11 is 0. The Kier molecular flexibility index (Phi) is 5.80. The fourth-order valence-corrected chi connectivity index (χ4v) is 3.34. The van der Waals surface area contributed by atoms with Crippen LogP contribution < -0.4 is 11.2 Å². The zero-order valence-corrected chi connectivity index (χ0v) is 16.7. The van der Waals surface area contributed by atoms with E-state index in [1.807, 2.05) is 24.3 Å². The largest absolute Gasteiger partial charge is 0.378 e. The summed E-state index contributed by atoms with van der Waals surface area (Å²) in [5.74, 6) is -0.348. The van der Waals surface area contributed by atoms with Crippen molar-refractivity contribution >= 4 is 17.9 Å². The van der Waals surface area contributed by atoms with Gasteiger partial charge in [-0.1, -0.05) is 36.4 Å². The van der Waals surface area contributed by atoms with Gasteiger partial charge in [-0.2, -0.15) is 9.78 Å². The molecule has 1 saturated heterocycles. The maximum absolute atomic E-state index is 13.0. The number of rotatable bonds is 7. The van der Waals surface area contributed by atoms with E-state index in [2.05, 4.69) is 47.6 Å². The van der Waals surface area contributed by atoms with Crippen LogP contribution in [-0.2, 0) is 13.0 Å². The van der Waals surface area contributed by atoms with E-state index in [1.54, 1.807) is 6.21 Å². The number of nitrogen functional groups attached to an aromatic ring is 1. The van der Waals surface area contributed by atoms with Crippen molar-refractivity contribution < 1.29 is 9.42 Å². The summed E-state index contributed by atoms with van der Waals surface area (Å²) in [7, 11) is 0. The van der Waals surface area contributed by atoms with E-state index in [1.165, 1.54) is 10.2 Å². The molecule has 11 heteroatoms. The van der Waals surface area contributed by atoms with Crippen molar-refractivity contribution in [3.63, 3.8) is 0 Å². The Morgan fingerprint density at radius 3 is 2.70 bits per heavy atom. The normalized spacial score (nSPS) is 14.6. The minimum atomic E-state index is -0.474. The van der Waals surface area contributed by atoms with Gasteiger partial charge < -0.3 is 5.73 Å². The lowest BCUT2D eigenvalue weighted by Gasteiger charge is -2.13. The fourth-order valence-electron chi connectivity index (χ4n) is 3.34. The lowest BCUT2D eigenvalue weighted by molar-refractivity contribution is 0.0945. The van der Waals surface area contributed by atoms with Gasteiger partial charge in [-0.3, -0.25) is 9.69 Å². The predicted molar refractivity (Wildman–Crippen MR) is 109 cm³/mol. The van der Waals surface area contributed by atoms with Crippen LogP contribution >= 0.6 is 0 Å². The summed E-state index contributed by atoms with van der Waals surface area (Å²) in [6, 6.07) is 7.94. The Morgan fingerprint density at radius 2 is 2.03 bits per heavy atom. The van der Waals surface area contributed by atoms with Crippen LogP contribution in [0.1, 0.15) is 47.1 Å². The molecule has 3 aromatic rings. The first kappa shape index (κ1) is 19.7. The molecule has 11 nitrogen and oxygen atoms in total. The fraction of sp³-hybridized carbons (Fsp3) is 0.368. The third-order valence-electron chi connectivity index (χ3n) is 4.99. The monoisotopic (exact) mass is 409 g/mol. The first-order valence-electron chi connectivity index (χ1n) is 9.83. The average molecular weight is 409 g/mol. The molecule has 0 spiro atoms. The number of anilines is 1. The maximum atomic E-state index is 13.0. The topological polar surface area (TPSA) is 140 Å². The van der Waals surface area contributed by atoms with Crippen LogP contribution in [0.5, 0.6) is 0 Å². The number of amides is 1. The van der Waals surface area contributed by atoms with E-state index in [-0.39, 0.29) is 17.3 Å². The summed E-state index contributed by atoms with van der Waals surface area (Å²) < 4.78 is 5.88. The molecule has 2 aromatic heterocycles. The van der Waals surface area contributed by atoms with Crippen LogP contribution in [-0.4, -0.2) is 55.4 Å². The van der Waals surface area contributed by atoms with Gasteiger partial charge in [-0.15, -0.1) is 5.10 Å². The number of likely N-dealkylation sites (tertiary alicyclic amines) is 1. The predicted octanol–water partition coefficient (Wildman–Crippen LogP) is 1.15. The van der Waals surface area contributed by atoms with Gasteiger partial charge in [0.1, 0.15) is 5.69 Å². The van der Waals surface area contributed by atoms with Crippen molar-refractivity contribution in [1.82, 2.24) is 35.6 Å². The molecule has 156 valence electrons. The number of aromatic nitrogens is 5. The minimum absolute atomic E-state index is 0.0150. The molecule has 4 rings (SSSR count). The highest BCUT2D eigenvalue weighted by Crippen LogP contribution is 2.19. The Labute approximate surface area is 172 Å². The van der Waals surface area contributed by atoms with Crippen molar-refractivity contribution in [2.24, 2.45) is 5.10 Å². The molecule has 30 heavy (non-hydrogen) atoms. The molecule has 0 saturated carbocycles. The number of aryl methyl sites for hydroxylation is 1. The summed E-state index contributed by atoms with van der Waals surface area (Å²) in [5.41, 5.74) is 11.1. The number of hydrogen-bond acceptors (Lipinski definition) is 9. The van der Waals surface area contributed by atoms with Gasteiger partial charge in [0, 0.05) is 6.54 Å². The molecule has 1 aliphatic heterocycles. The SMILES string of the molecule is CCc1ccc(/C=N/NC(=O)c2c(CN3CCCC3)nnn2-c2nonc2N)cc1. The number of nitrogens with one attached hydrogen (secondary N) is 1. The van der Waals surface area contributed by atoms with Gasteiger partial charge in [0.25, 0.3) is 5.91 Å². The average Bonchev–Trinajstić information content (AvgIpc) is 3.50. The highest BCUT2D eigenvalue weighted by atomic mass is 16.6. The number of carbonyl (C=O) groups is 1. The van der Waals surface area contributed by atoms with E-state index in [4.69, 9.17) is 5.73 Å². The quantitative estimate of drug-likeness (QED) is 0.437. The molecule has 1 amide bonds. The first-order valence-corrected chi connectivity index (χ1v) is 9.83. The molecule has 0 atom stereocenters. The maximum Gasteiger partial charge on any atom is 0.292 e. The van der Waals surface area contributed by atoms with Crippen molar-refractivity contribution in [3.8, 4) is 5.82 Å². The Balaban J connectivity index is 1.56. The molecule has 1 aromatic carbocycles. The summed E-state index contributed by atoms with van der Waals surface area (Å²) in [5, 5.41) is 19.6. The molecule has 0 aliphatic carbocycles. The zero-order chi connectivity index (χ0) is 20.9. The van der Waals surface area contributed by atoms with Crippen molar-refractivity contribution in [2.75, 3.05) is 18.8 Å². The molecule has 0 unspecified atom stereocenters. The van der Waals surface area contributed by atoms with Gasteiger partial charge in [-0.25, -0.2) is 10.1 Å². The standard InChI is InChI=1S/C19H23N9O2/c1-2-13-5-7-14(8-6-13)11-21-23-19(29)16-15(12-27-9-3-4-10-27)22-26-28(16)18-17(20)24-30-25-18/h5-8,11H,2-4,9-10,12H2,1H3,(H2,20,24)(H,23,29)/b21-11+. The van der Waals surface area contributed by atoms with Gasteiger partial charge in [0.2, 0.25) is 11.6 Å².